The van der Waals surface area contributed by atoms with E-state index in [-0.39, 0.29) is 17.7 Å². The van der Waals surface area contributed by atoms with Crippen molar-refractivity contribution in [1.82, 2.24) is 5.32 Å². The van der Waals surface area contributed by atoms with Gasteiger partial charge in [0.2, 0.25) is 0 Å². The summed E-state index contributed by atoms with van der Waals surface area (Å²) in [5.74, 6) is -0.470. The minimum atomic E-state index is -0.425. The molecule has 0 unspecified atom stereocenters. The van der Waals surface area contributed by atoms with E-state index in [9.17, 15) is 9.18 Å². The van der Waals surface area contributed by atoms with Crippen molar-refractivity contribution in [1.29, 1.82) is 0 Å². The molecule has 2 rings (SSSR count). The lowest BCUT2D eigenvalue weighted by Gasteiger charge is -2.08. The first kappa shape index (κ1) is 9.96. The third-order valence-electron chi connectivity index (χ3n) is 2.66. The van der Waals surface area contributed by atoms with E-state index in [2.05, 4.69) is 5.32 Å². The largest absolute Gasteiger partial charge is 0.494 e. The van der Waals surface area contributed by atoms with Crippen LogP contribution in [0.1, 0.15) is 35.3 Å². The summed E-state index contributed by atoms with van der Waals surface area (Å²) in [6.07, 6.45) is 0.754. The summed E-state index contributed by atoms with van der Waals surface area (Å²) < 4.78 is 18.3. The van der Waals surface area contributed by atoms with Gasteiger partial charge in [0.15, 0.2) is 11.6 Å². The van der Waals surface area contributed by atoms with Crippen LogP contribution in [0.5, 0.6) is 5.75 Å². The van der Waals surface area contributed by atoms with E-state index in [0.29, 0.717) is 5.56 Å². The van der Waals surface area contributed by atoms with Gasteiger partial charge in [-0.05, 0) is 24.1 Å². The summed E-state index contributed by atoms with van der Waals surface area (Å²) in [6.45, 7) is 1.95. The van der Waals surface area contributed by atoms with E-state index in [1.807, 2.05) is 6.92 Å². The Hall–Kier alpha value is -1.58. The fraction of sp³-hybridized carbons (Fsp3) is 0.364. The van der Waals surface area contributed by atoms with Gasteiger partial charge in [0.05, 0.1) is 13.2 Å². The van der Waals surface area contributed by atoms with Crippen molar-refractivity contribution in [2.24, 2.45) is 0 Å². The first-order valence-electron chi connectivity index (χ1n) is 4.85. The maximum absolute atomic E-state index is 13.4. The van der Waals surface area contributed by atoms with Gasteiger partial charge >= 0.3 is 0 Å². The van der Waals surface area contributed by atoms with Gasteiger partial charge in [-0.3, -0.25) is 4.79 Å². The lowest BCUT2D eigenvalue weighted by atomic mass is 10.0. The van der Waals surface area contributed by atoms with Crippen LogP contribution in [-0.4, -0.2) is 13.0 Å². The quantitative estimate of drug-likeness (QED) is 0.809. The maximum atomic E-state index is 13.4. The molecule has 1 heterocycles. The molecule has 3 nitrogen and oxygen atoms in total. The van der Waals surface area contributed by atoms with E-state index in [1.54, 1.807) is 0 Å². The molecule has 0 aliphatic carbocycles. The molecule has 0 aromatic heterocycles. The highest BCUT2D eigenvalue weighted by Gasteiger charge is 2.28. The summed E-state index contributed by atoms with van der Waals surface area (Å²) in [4.78, 5) is 11.5. The number of halogens is 1. The molecular formula is C11H12FNO2. The predicted molar refractivity (Wildman–Crippen MR) is 53.5 cm³/mol. The molecule has 0 saturated carbocycles. The average Bonchev–Trinajstić information content (AvgIpc) is 2.54. The average molecular weight is 209 g/mol. The van der Waals surface area contributed by atoms with E-state index >= 15 is 0 Å². The Morgan fingerprint density at radius 2 is 2.27 bits per heavy atom. The molecule has 4 heteroatoms. The molecule has 1 aliphatic rings. The number of rotatable bonds is 2. The smallest absolute Gasteiger partial charge is 0.252 e. The van der Waals surface area contributed by atoms with E-state index in [0.717, 1.165) is 12.0 Å². The van der Waals surface area contributed by atoms with Crippen molar-refractivity contribution in [3.8, 4) is 5.75 Å². The lowest BCUT2D eigenvalue weighted by Crippen LogP contribution is -2.17. The first-order valence-corrected chi connectivity index (χ1v) is 4.85. The van der Waals surface area contributed by atoms with Crippen LogP contribution >= 0.6 is 0 Å². The fourth-order valence-corrected chi connectivity index (χ4v) is 1.85. The Bertz CT molecular complexity index is 417. The van der Waals surface area contributed by atoms with Gasteiger partial charge in [0.25, 0.3) is 5.91 Å². The Kier molecular flexibility index (Phi) is 2.34. The summed E-state index contributed by atoms with van der Waals surface area (Å²) in [5, 5.41) is 2.79. The molecule has 1 amide bonds. The van der Waals surface area contributed by atoms with Crippen molar-refractivity contribution in [2.75, 3.05) is 7.11 Å². The molecule has 80 valence electrons. The van der Waals surface area contributed by atoms with E-state index in [4.69, 9.17) is 4.74 Å². The number of hydrogen-bond donors (Lipinski definition) is 1. The number of ether oxygens (including phenoxy) is 1. The molecule has 0 saturated heterocycles. The van der Waals surface area contributed by atoms with Gasteiger partial charge in [-0.25, -0.2) is 4.39 Å². The Morgan fingerprint density at radius 3 is 2.87 bits per heavy atom. The van der Waals surface area contributed by atoms with Crippen LogP contribution in [0.4, 0.5) is 4.39 Å². The van der Waals surface area contributed by atoms with Gasteiger partial charge in [0.1, 0.15) is 0 Å². The Balaban J connectivity index is 2.54. The maximum Gasteiger partial charge on any atom is 0.252 e. The highest BCUT2D eigenvalue weighted by molar-refractivity contribution is 5.99. The van der Waals surface area contributed by atoms with Gasteiger partial charge in [-0.2, -0.15) is 0 Å². The topological polar surface area (TPSA) is 38.3 Å². The number of hydrogen-bond acceptors (Lipinski definition) is 2. The van der Waals surface area contributed by atoms with Crippen LogP contribution in [0.25, 0.3) is 0 Å². The van der Waals surface area contributed by atoms with Gasteiger partial charge in [-0.1, -0.05) is 6.92 Å². The number of nitrogens with one attached hydrogen (secondary N) is 1. The highest BCUT2D eigenvalue weighted by Crippen LogP contribution is 2.32. The molecule has 1 aliphatic heterocycles. The van der Waals surface area contributed by atoms with Crippen LogP contribution in [0.3, 0.4) is 0 Å². The molecule has 0 fully saturated rings. The molecular weight excluding hydrogens is 197 g/mol. The fourth-order valence-electron chi connectivity index (χ4n) is 1.85. The van der Waals surface area contributed by atoms with Gasteiger partial charge in [-0.15, -0.1) is 0 Å². The monoisotopic (exact) mass is 209 g/mol. The van der Waals surface area contributed by atoms with Crippen LogP contribution < -0.4 is 10.1 Å². The molecule has 0 bridgehead atoms. The summed E-state index contributed by atoms with van der Waals surface area (Å²) in [7, 11) is 1.38. The first-order chi connectivity index (χ1) is 7.17. The minimum Gasteiger partial charge on any atom is -0.494 e. The van der Waals surface area contributed by atoms with Crippen LogP contribution in [0.15, 0.2) is 12.1 Å². The Labute approximate surface area is 87.2 Å². The van der Waals surface area contributed by atoms with Crippen molar-refractivity contribution in [3.63, 3.8) is 0 Å². The zero-order valence-electron chi connectivity index (χ0n) is 8.63. The molecule has 0 radical (unpaired) electrons. The number of fused-ring (bicyclic) bond motifs is 1. The second-order valence-corrected chi connectivity index (χ2v) is 3.51. The summed E-state index contributed by atoms with van der Waals surface area (Å²) in [6, 6.07) is 2.75. The molecule has 1 N–H and O–H groups in total. The lowest BCUT2D eigenvalue weighted by molar-refractivity contribution is 0.0955. The molecule has 1 atom stereocenters. The van der Waals surface area contributed by atoms with Crippen molar-refractivity contribution < 1.29 is 13.9 Å². The normalized spacial score (nSPS) is 18.6. The number of methoxy groups -OCH3 is 1. The standard InChI is InChI=1S/C11H12FNO2/c1-3-9-6-4-8(12)10(15-2)5-7(6)11(14)13-9/h4-5,9H,3H2,1-2H3,(H,13,14)/t9-/m0/s1. The van der Waals surface area contributed by atoms with Crippen molar-refractivity contribution in [3.05, 3.63) is 29.1 Å². The second-order valence-electron chi connectivity index (χ2n) is 3.51. The molecule has 1 aromatic carbocycles. The van der Waals surface area contributed by atoms with Crippen LogP contribution in [0.2, 0.25) is 0 Å². The van der Waals surface area contributed by atoms with Gasteiger partial charge < -0.3 is 10.1 Å². The van der Waals surface area contributed by atoms with E-state index < -0.39 is 5.82 Å². The summed E-state index contributed by atoms with van der Waals surface area (Å²) >= 11 is 0. The SMILES string of the molecule is CC[C@@H]1NC(=O)c2cc(OC)c(F)cc21. The number of carbonyl (C=O) groups excluding carboxylic acids is 1. The highest BCUT2D eigenvalue weighted by atomic mass is 19.1. The molecule has 0 spiro atoms. The third kappa shape index (κ3) is 1.46. The third-order valence-corrected chi connectivity index (χ3v) is 2.66. The van der Waals surface area contributed by atoms with Crippen LogP contribution in [-0.2, 0) is 0 Å². The van der Waals surface area contributed by atoms with Gasteiger partial charge in [0, 0.05) is 5.56 Å². The number of amides is 1. The molecule has 1 aromatic rings. The second kappa shape index (κ2) is 3.53. The minimum absolute atomic E-state index is 0.0760. The molecule has 15 heavy (non-hydrogen) atoms. The van der Waals surface area contributed by atoms with E-state index in [1.165, 1.54) is 19.2 Å². The van der Waals surface area contributed by atoms with Crippen LogP contribution in [0, 0.1) is 5.82 Å². The van der Waals surface area contributed by atoms with Crippen molar-refractivity contribution >= 4 is 5.91 Å². The Morgan fingerprint density at radius 1 is 1.53 bits per heavy atom. The zero-order chi connectivity index (χ0) is 11.0. The number of carbonyl (C=O) groups is 1. The van der Waals surface area contributed by atoms with Crippen molar-refractivity contribution in [2.45, 2.75) is 19.4 Å². The zero-order valence-corrected chi connectivity index (χ0v) is 8.63. The predicted octanol–water partition coefficient (Wildman–Crippen LogP) is 2.03. The number of benzene rings is 1. The summed E-state index contributed by atoms with van der Waals surface area (Å²) in [5.41, 5.74) is 1.24.